The van der Waals surface area contributed by atoms with Crippen molar-refractivity contribution >= 4 is 5.91 Å². The number of carbonyl (C=O) groups is 1. The standard InChI is InChI=1S/C21H23F3N2O/c1-2-18(25-20(27)21(22,23)24)17-13-26(14-17)19(15-9-5-3-6-10-15)16-11-7-4-8-12-16/h3-12,17-19H,2,13-14H2,1H3,(H,25,27). The molecule has 1 aliphatic heterocycles. The van der Waals surface area contributed by atoms with Gasteiger partial charge in [0.15, 0.2) is 0 Å². The summed E-state index contributed by atoms with van der Waals surface area (Å²) in [6.07, 6.45) is -4.37. The number of hydrogen-bond acceptors (Lipinski definition) is 2. The number of rotatable bonds is 6. The van der Waals surface area contributed by atoms with Gasteiger partial charge in [0.25, 0.3) is 0 Å². The Morgan fingerprint density at radius 1 is 1.04 bits per heavy atom. The molecular weight excluding hydrogens is 353 g/mol. The van der Waals surface area contributed by atoms with E-state index in [0.717, 1.165) is 11.1 Å². The molecule has 1 heterocycles. The highest BCUT2D eigenvalue weighted by atomic mass is 19.4. The van der Waals surface area contributed by atoms with E-state index in [1.165, 1.54) is 0 Å². The van der Waals surface area contributed by atoms with Crippen molar-refractivity contribution in [2.45, 2.75) is 31.6 Å². The zero-order chi connectivity index (χ0) is 19.4. The summed E-state index contributed by atoms with van der Waals surface area (Å²) in [6, 6.07) is 19.7. The normalized spacial score (nSPS) is 16.8. The zero-order valence-corrected chi connectivity index (χ0v) is 15.1. The van der Waals surface area contributed by atoms with Gasteiger partial charge in [0.1, 0.15) is 0 Å². The summed E-state index contributed by atoms with van der Waals surface area (Å²) in [5, 5.41) is 2.16. The fourth-order valence-electron chi connectivity index (χ4n) is 3.70. The molecular formula is C21H23F3N2O. The van der Waals surface area contributed by atoms with E-state index in [0.29, 0.717) is 19.5 Å². The summed E-state index contributed by atoms with van der Waals surface area (Å²) in [6.45, 7) is 3.09. The van der Waals surface area contributed by atoms with E-state index in [1.807, 2.05) is 36.4 Å². The Balaban J connectivity index is 1.72. The van der Waals surface area contributed by atoms with Gasteiger partial charge in [-0.15, -0.1) is 0 Å². The van der Waals surface area contributed by atoms with Crippen LogP contribution in [0.5, 0.6) is 0 Å². The molecule has 1 amide bonds. The van der Waals surface area contributed by atoms with Crippen LogP contribution in [0.1, 0.15) is 30.5 Å². The fraction of sp³-hybridized carbons (Fsp3) is 0.381. The summed E-state index contributed by atoms with van der Waals surface area (Å²) in [5.74, 6) is -1.84. The highest BCUT2D eigenvalue weighted by molar-refractivity contribution is 5.82. The van der Waals surface area contributed by atoms with Gasteiger partial charge in [0.2, 0.25) is 0 Å². The van der Waals surface area contributed by atoms with Crippen LogP contribution < -0.4 is 5.32 Å². The molecule has 1 atom stereocenters. The van der Waals surface area contributed by atoms with Crippen LogP contribution in [0.2, 0.25) is 0 Å². The maximum Gasteiger partial charge on any atom is 0.471 e. The smallest absolute Gasteiger partial charge is 0.345 e. The maximum absolute atomic E-state index is 12.6. The van der Waals surface area contributed by atoms with Gasteiger partial charge in [-0.3, -0.25) is 9.69 Å². The minimum atomic E-state index is -4.84. The molecule has 27 heavy (non-hydrogen) atoms. The lowest BCUT2D eigenvalue weighted by Gasteiger charge is -2.47. The second-order valence-electron chi connectivity index (χ2n) is 6.92. The highest BCUT2D eigenvalue weighted by Gasteiger charge is 2.43. The lowest BCUT2D eigenvalue weighted by molar-refractivity contribution is -0.175. The number of carbonyl (C=O) groups excluding carboxylic acids is 1. The highest BCUT2D eigenvalue weighted by Crippen LogP contribution is 2.35. The Hall–Kier alpha value is -2.34. The van der Waals surface area contributed by atoms with Gasteiger partial charge >= 0.3 is 12.1 Å². The minimum absolute atomic E-state index is 0.0104. The number of alkyl halides is 3. The fourth-order valence-corrected chi connectivity index (χ4v) is 3.70. The van der Waals surface area contributed by atoms with E-state index in [4.69, 9.17) is 0 Å². The molecule has 1 aliphatic rings. The Kier molecular flexibility index (Phi) is 5.85. The van der Waals surface area contributed by atoms with E-state index >= 15 is 0 Å². The molecule has 3 nitrogen and oxygen atoms in total. The number of amides is 1. The second-order valence-corrected chi connectivity index (χ2v) is 6.92. The molecule has 1 saturated heterocycles. The molecule has 0 radical (unpaired) electrons. The van der Waals surface area contributed by atoms with E-state index in [9.17, 15) is 18.0 Å². The Labute approximate surface area is 157 Å². The molecule has 1 unspecified atom stereocenters. The van der Waals surface area contributed by atoms with Crippen molar-refractivity contribution in [1.82, 2.24) is 10.2 Å². The molecule has 1 fully saturated rings. The number of nitrogens with zero attached hydrogens (tertiary/aromatic N) is 1. The SMILES string of the molecule is CCC(NC(=O)C(F)(F)F)C1CN(C(c2ccccc2)c2ccccc2)C1. The third kappa shape index (κ3) is 4.50. The maximum atomic E-state index is 12.6. The molecule has 144 valence electrons. The van der Waals surface area contributed by atoms with Crippen LogP contribution in [0.25, 0.3) is 0 Å². The average molecular weight is 376 g/mol. The number of hydrogen-bond donors (Lipinski definition) is 1. The zero-order valence-electron chi connectivity index (χ0n) is 15.1. The van der Waals surface area contributed by atoms with Crippen LogP contribution in [-0.4, -0.2) is 36.1 Å². The summed E-state index contributed by atoms with van der Waals surface area (Å²) in [4.78, 5) is 13.5. The van der Waals surface area contributed by atoms with E-state index in [1.54, 1.807) is 6.92 Å². The summed E-state index contributed by atoms with van der Waals surface area (Å²) >= 11 is 0. The molecule has 1 N–H and O–H groups in total. The van der Waals surface area contributed by atoms with Crippen molar-refractivity contribution in [3.05, 3.63) is 71.8 Å². The van der Waals surface area contributed by atoms with Gasteiger partial charge in [-0.25, -0.2) is 0 Å². The molecule has 0 saturated carbocycles. The van der Waals surface area contributed by atoms with Crippen molar-refractivity contribution in [2.24, 2.45) is 5.92 Å². The van der Waals surface area contributed by atoms with Gasteiger partial charge in [-0.05, 0) is 17.5 Å². The summed E-state index contributed by atoms with van der Waals surface area (Å²) in [7, 11) is 0. The lowest BCUT2D eigenvalue weighted by Crippen LogP contribution is -2.58. The van der Waals surface area contributed by atoms with Crippen molar-refractivity contribution in [2.75, 3.05) is 13.1 Å². The van der Waals surface area contributed by atoms with Crippen LogP contribution in [0.4, 0.5) is 13.2 Å². The van der Waals surface area contributed by atoms with Gasteiger partial charge in [0.05, 0.1) is 6.04 Å². The van der Waals surface area contributed by atoms with Crippen LogP contribution in [0.15, 0.2) is 60.7 Å². The Morgan fingerprint density at radius 3 is 1.93 bits per heavy atom. The lowest BCUT2D eigenvalue weighted by atomic mass is 9.85. The first-order chi connectivity index (χ1) is 12.9. The largest absolute Gasteiger partial charge is 0.471 e. The van der Waals surface area contributed by atoms with Crippen molar-refractivity contribution in [3.8, 4) is 0 Å². The number of nitrogens with one attached hydrogen (secondary N) is 1. The Bertz CT molecular complexity index is 704. The molecule has 3 rings (SSSR count). The molecule has 0 aliphatic carbocycles. The predicted molar refractivity (Wildman–Crippen MR) is 98.1 cm³/mol. The molecule has 2 aromatic carbocycles. The van der Waals surface area contributed by atoms with Gasteiger partial charge in [-0.1, -0.05) is 67.6 Å². The first-order valence-corrected chi connectivity index (χ1v) is 9.11. The molecule has 0 aromatic heterocycles. The predicted octanol–water partition coefficient (Wildman–Crippen LogP) is 4.16. The second kappa shape index (κ2) is 8.13. The van der Waals surface area contributed by atoms with Crippen LogP contribution in [0, 0.1) is 5.92 Å². The van der Waals surface area contributed by atoms with Gasteiger partial charge in [-0.2, -0.15) is 13.2 Å². The van der Waals surface area contributed by atoms with E-state index < -0.39 is 18.1 Å². The van der Waals surface area contributed by atoms with Crippen molar-refractivity contribution in [3.63, 3.8) is 0 Å². The summed E-state index contributed by atoms with van der Waals surface area (Å²) in [5.41, 5.74) is 2.30. The third-order valence-corrected chi connectivity index (χ3v) is 5.12. The number of benzene rings is 2. The molecule has 2 aromatic rings. The first kappa shape index (κ1) is 19.4. The van der Waals surface area contributed by atoms with E-state index in [-0.39, 0.29) is 12.0 Å². The number of likely N-dealkylation sites (tertiary alicyclic amines) is 1. The molecule has 0 bridgehead atoms. The average Bonchev–Trinajstić information content (AvgIpc) is 2.63. The first-order valence-electron chi connectivity index (χ1n) is 9.11. The molecule has 0 spiro atoms. The summed E-state index contributed by atoms with van der Waals surface area (Å²) < 4.78 is 37.7. The molecule has 6 heteroatoms. The number of halogens is 3. The Morgan fingerprint density at radius 2 is 1.52 bits per heavy atom. The van der Waals surface area contributed by atoms with Crippen LogP contribution >= 0.6 is 0 Å². The van der Waals surface area contributed by atoms with Crippen molar-refractivity contribution in [1.29, 1.82) is 0 Å². The van der Waals surface area contributed by atoms with E-state index in [2.05, 4.69) is 34.5 Å². The topological polar surface area (TPSA) is 32.3 Å². The minimum Gasteiger partial charge on any atom is -0.345 e. The van der Waals surface area contributed by atoms with Gasteiger partial charge < -0.3 is 5.32 Å². The quantitative estimate of drug-likeness (QED) is 0.821. The van der Waals surface area contributed by atoms with Crippen LogP contribution in [-0.2, 0) is 4.79 Å². The van der Waals surface area contributed by atoms with Gasteiger partial charge in [0, 0.05) is 25.0 Å². The van der Waals surface area contributed by atoms with Crippen LogP contribution in [0.3, 0.4) is 0 Å². The monoisotopic (exact) mass is 376 g/mol. The van der Waals surface area contributed by atoms with Crippen molar-refractivity contribution < 1.29 is 18.0 Å². The third-order valence-electron chi connectivity index (χ3n) is 5.12.